The van der Waals surface area contributed by atoms with Crippen molar-refractivity contribution in [2.45, 2.75) is 25.3 Å². The Balaban J connectivity index is 1.97. The van der Waals surface area contributed by atoms with Gasteiger partial charge >= 0.3 is 0 Å². The molecule has 0 aromatic rings. The summed E-state index contributed by atoms with van der Waals surface area (Å²) in [6, 6.07) is 0. The summed E-state index contributed by atoms with van der Waals surface area (Å²) in [5.41, 5.74) is 0.326. The minimum Gasteiger partial charge on any atom is -0.314 e. The molecular formula is C11H23N3. The van der Waals surface area contributed by atoms with Crippen LogP contribution in [0.1, 0.15) is 19.8 Å². The SMILES string of the molecule is CN1CCCC(C2(C)CNCCN2)C1. The maximum absolute atomic E-state index is 3.70. The minimum absolute atomic E-state index is 0.326. The summed E-state index contributed by atoms with van der Waals surface area (Å²) in [6.45, 7) is 8.29. The second-order valence-electron chi connectivity index (χ2n) is 5.12. The highest BCUT2D eigenvalue weighted by Crippen LogP contribution is 2.27. The average molecular weight is 197 g/mol. The van der Waals surface area contributed by atoms with Gasteiger partial charge in [0.1, 0.15) is 0 Å². The highest BCUT2D eigenvalue weighted by molar-refractivity contribution is 4.97. The molecule has 2 unspecified atom stereocenters. The first kappa shape index (κ1) is 10.4. The van der Waals surface area contributed by atoms with Crippen LogP contribution in [0.3, 0.4) is 0 Å². The lowest BCUT2D eigenvalue weighted by molar-refractivity contribution is 0.109. The molecule has 2 N–H and O–H groups in total. The summed E-state index contributed by atoms with van der Waals surface area (Å²) in [4.78, 5) is 2.47. The second kappa shape index (κ2) is 4.17. The Labute approximate surface area is 87.2 Å². The Bertz CT molecular complexity index is 187. The van der Waals surface area contributed by atoms with Crippen LogP contribution in [0.15, 0.2) is 0 Å². The van der Waals surface area contributed by atoms with E-state index < -0.39 is 0 Å². The third-order valence-electron chi connectivity index (χ3n) is 3.85. The number of hydrogen-bond donors (Lipinski definition) is 2. The van der Waals surface area contributed by atoms with Gasteiger partial charge in [-0.15, -0.1) is 0 Å². The number of nitrogens with one attached hydrogen (secondary N) is 2. The van der Waals surface area contributed by atoms with Crippen molar-refractivity contribution in [3.63, 3.8) is 0 Å². The van der Waals surface area contributed by atoms with Crippen LogP contribution >= 0.6 is 0 Å². The van der Waals surface area contributed by atoms with Crippen molar-refractivity contribution in [2.75, 3.05) is 39.8 Å². The molecule has 2 atom stereocenters. The quantitative estimate of drug-likeness (QED) is 0.632. The number of hydrogen-bond acceptors (Lipinski definition) is 3. The number of nitrogens with zero attached hydrogens (tertiary/aromatic N) is 1. The van der Waals surface area contributed by atoms with Gasteiger partial charge in [-0.2, -0.15) is 0 Å². The molecule has 0 radical (unpaired) electrons. The summed E-state index contributed by atoms with van der Waals surface area (Å²) < 4.78 is 0. The Morgan fingerprint density at radius 2 is 2.21 bits per heavy atom. The van der Waals surface area contributed by atoms with Crippen molar-refractivity contribution in [1.29, 1.82) is 0 Å². The number of piperazine rings is 1. The zero-order chi connectivity index (χ0) is 10.0. The van der Waals surface area contributed by atoms with E-state index >= 15 is 0 Å². The van der Waals surface area contributed by atoms with Crippen LogP contribution in [0.5, 0.6) is 0 Å². The molecule has 0 saturated carbocycles. The van der Waals surface area contributed by atoms with Gasteiger partial charge in [0.15, 0.2) is 0 Å². The summed E-state index contributed by atoms with van der Waals surface area (Å²) in [7, 11) is 2.24. The molecule has 3 nitrogen and oxygen atoms in total. The highest BCUT2D eigenvalue weighted by Gasteiger charge is 2.36. The van der Waals surface area contributed by atoms with Crippen molar-refractivity contribution < 1.29 is 0 Å². The Morgan fingerprint density at radius 3 is 2.86 bits per heavy atom. The first-order valence-electron chi connectivity index (χ1n) is 5.85. The molecule has 0 amide bonds. The van der Waals surface area contributed by atoms with Gasteiger partial charge in [-0.25, -0.2) is 0 Å². The van der Waals surface area contributed by atoms with E-state index in [1.165, 1.54) is 25.9 Å². The van der Waals surface area contributed by atoms with Gasteiger partial charge in [-0.3, -0.25) is 0 Å². The molecular weight excluding hydrogens is 174 g/mol. The monoisotopic (exact) mass is 197 g/mol. The van der Waals surface area contributed by atoms with Gasteiger partial charge < -0.3 is 15.5 Å². The summed E-state index contributed by atoms with van der Waals surface area (Å²) in [5.74, 6) is 0.814. The Hall–Kier alpha value is -0.120. The number of piperidine rings is 1. The van der Waals surface area contributed by atoms with Crippen LogP contribution in [0, 0.1) is 5.92 Å². The van der Waals surface area contributed by atoms with Crippen molar-refractivity contribution in [3.05, 3.63) is 0 Å². The lowest BCUT2D eigenvalue weighted by atomic mass is 9.79. The molecule has 0 aromatic heterocycles. The zero-order valence-electron chi connectivity index (χ0n) is 9.47. The smallest absolute Gasteiger partial charge is 0.0318 e. The molecule has 0 aromatic carbocycles. The molecule has 2 rings (SSSR count). The molecule has 2 fully saturated rings. The Kier molecular flexibility index (Phi) is 3.10. The molecule has 3 heteroatoms. The fraction of sp³-hybridized carbons (Fsp3) is 1.00. The predicted octanol–water partition coefficient (Wildman–Crippen LogP) is 0.280. The van der Waals surface area contributed by atoms with Crippen molar-refractivity contribution in [1.82, 2.24) is 15.5 Å². The van der Waals surface area contributed by atoms with E-state index in [2.05, 4.69) is 29.5 Å². The van der Waals surface area contributed by atoms with Gasteiger partial charge in [-0.1, -0.05) is 0 Å². The summed E-state index contributed by atoms with van der Waals surface area (Å²) in [5, 5.41) is 7.20. The van der Waals surface area contributed by atoms with Crippen LogP contribution < -0.4 is 10.6 Å². The molecule has 2 saturated heterocycles. The molecule has 2 heterocycles. The third kappa shape index (κ3) is 2.10. The standard InChI is InChI=1S/C11H23N3/c1-11(9-12-5-6-13-11)10-4-3-7-14(2)8-10/h10,12-13H,3-9H2,1-2H3. The molecule has 0 spiro atoms. The van der Waals surface area contributed by atoms with Gasteiger partial charge in [0, 0.05) is 31.7 Å². The minimum atomic E-state index is 0.326. The van der Waals surface area contributed by atoms with Crippen LogP contribution in [-0.4, -0.2) is 50.2 Å². The molecule has 82 valence electrons. The average Bonchev–Trinajstić information content (AvgIpc) is 2.19. The number of likely N-dealkylation sites (tertiary alicyclic amines) is 1. The number of rotatable bonds is 1. The lowest BCUT2D eigenvalue weighted by Gasteiger charge is -2.45. The van der Waals surface area contributed by atoms with Crippen LogP contribution in [0.4, 0.5) is 0 Å². The Morgan fingerprint density at radius 1 is 1.36 bits per heavy atom. The summed E-state index contributed by atoms with van der Waals surface area (Å²) >= 11 is 0. The molecule has 14 heavy (non-hydrogen) atoms. The van der Waals surface area contributed by atoms with E-state index in [1.807, 2.05) is 0 Å². The zero-order valence-corrected chi connectivity index (χ0v) is 9.47. The van der Waals surface area contributed by atoms with Crippen LogP contribution in [-0.2, 0) is 0 Å². The van der Waals surface area contributed by atoms with E-state index in [9.17, 15) is 0 Å². The topological polar surface area (TPSA) is 27.3 Å². The maximum atomic E-state index is 3.70. The molecule has 0 bridgehead atoms. The van der Waals surface area contributed by atoms with E-state index in [1.54, 1.807) is 0 Å². The largest absolute Gasteiger partial charge is 0.314 e. The highest BCUT2D eigenvalue weighted by atomic mass is 15.1. The van der Waals surface area contributed by atoms with E-state index in [0.717, 1.165) is 25.6 Å². The fourth-order valence-electron chi connectivity index (χ4n) is 2.82. The summed E-state index contributed by atoms with van der Waals surface area (Å²) in [6.07, 6.45) is 2.74. The maximum Gasteiger partial charge on any atom is 0.0318 e. The van der Waals surface area contributed by atoms with Crippen molar-refractivity contribution in [3.8, 4) is 0 Å². The van der Waals surface area contributed by atoms with Gasteiger partial charge in [0.25, 0.3) is 0 Å². The van der Waals surface area contributed by atoms with Gasteiger partial charge in [-0.05, 0) is 39.3 Å². The first-order chi connectivity index (χ1) is 6.71. The van der Waals surface area contributed by atoms with E-state index in [0.29, 0.717) is 5.54 Å². The third-order valence-corrected chi connectivity index (χ3v) is 3.85. The predicted molar refractivity (Wildman–Crippen MR) is 59.5 cm³/mol. The molecule has 2 aliphatic heterocycles. The van der Waals surface area contributed by atoms with Crippen LogP contribution in [0.25, 0.3) is 0 Å². The van der Waals surface area contributed by atoms with Gasteiger partial charge in [0.05, 0.1) is 0 Å². The fourth-order valence-corrected chi connectivity index (χ4v) is 2.82. The normalized spacial score (nSPS) is 41.1. The molecule has 2 aliphatic rings. The lowest BCUT2D eigenvalue weighted by Crippen LogP contribution is -2.63. The van der Waals surface area contributed by atoms with Crippen LogP contribution in [0.2, 0.25) is 0 Å². The van der Waals surface area contributed by atoms with Gasteiger partial charge in [0.2, 0.25) is 0 Å². The molecule has 0 aliphatic carbocycles. The first-order valence-corrected chi connectivity index (χ1v) is 5.85. The van der Waals surface area contributed by atoms with E-state index in [-0.39, 0.29) is 0 Å². The second-order valence-corrected chi connectivity index (χ2v) is 5.12. The van der Waals surface area contributed by atoms with Crippen molar-refractivity contribution >= 4 is 0 Å². The van der Waals surface area contributed by atoms with E-state index in [4.69, 9.17) is 0 Å². The van der Waals surface area contributed by atoms with Crippen molar-refractivity contribution in [2.24, 2.45) is 5.92 Å².